The zero-order chi connectivity index (χ0) is 12.6. The van der Waals surface area contributed by atoms with Crippen LogP contribution < -0.4 is 0 Å². The van der Waals surface area contributed by atoms with Crippen LogP contribution in [-0.4, -0.2) is 58.7 Å². The molecule has 0 spiro atoms. The minimum Gasteiger partial charge on any atom is -0.394 e. The van der Waals surface area contributed by atoms with Crippen LogP contribution in [-0.2, 0) is 0 Å². The lowest BCUT2D eigenvalue weighted by atomic mass is 10.1. The van der Waals surface area contributed by atoms with E-state index in [2.05, 4.69) is 13.8 Å². The van der Waals surface area contributed by atoms with Crippen molar-refractivity contribution in [2.24, 2.45) is 5.92 Å². The number of hydrogen-bond donors (Lipinski definition) is 3. The summed E-state index contributed by atoms with van der Waals surface area (Å²) >= 11 is 0. The van der Waals surface area contributed by atoms with Crippen LogP contribution >= 0.6 is 12.4 Å². The van der Waals surface area contributed by atoms with Crippen LogP contribution in [0.15, 0.2) is 0 Å². The molecule has 3 N–H and O–H groups in total. The summed E-state index contributed by atoms with van der Waals surface area (Å²) in [5.41, 5.74) is 0. The predicted molar refractivity (Wildman–Crippen MR) is 72.5 cm³/mol. The van der Waals surface area contributed by atoms with Crippen molar-refractivity contribution >= 4 is 12.4 Å². The van der Waals surface area contributed by atoms with Gasteiger partial charge in [-0.15, -0.1) is 12.4 Å². The van der Waals surface area contributed by atoms with Crippen LogP contribution in [0.2, 0.25) is 0 Å². The van der Waals surface area contributed by atoms with Crippen molar-refractivity contribution in [3.05, 3.63) is 0 Å². The molecule has 106 valence electrons. The van der Waals surface area contributed by atoms with E-state index in [0.717, 1.165) is 13.0 Å². The molecule has 5 heteroatoms. The van der Waals surface area contributed by atoms with Crippen LogP contribution in [0.25, 0.3) is 0 Å². The van der Waals surface area contributed by atoms with Crippen LogP contribution in [0.5, 0.6) is 0 Å². The van der Waals surface area contributed by atoms with Crippen molar-refractivity contribution in [2.75, 3.05) is 26.2 Å². The molecule has 3 atom stereocenters. The fourth-order valence-electron chi connectivity index (χ4n) is 1.58. The molecule has 0 aliphatic heterocycles. The molecule has 0 saturated heterocycles. The number of aliphatic hydroxyl groups excluding tert-OH is 3. The van der Waals surface area contributed by atoms with Gasteiger partial charge < -0.3 is 15.3 Å². The van der Waals surface area contributed by atoms with E-state index in [1.165, 1.54) is 0 Å². The van der Waals surface area contributed by atoms with Crippen LogP contribution in [0.1, 0.15) is 33.6 Å². The van der Waals surface area contributed by atoms with E-state index in [1.807, 2.05) is 11.8 Å². The lowest BCUT2D eigenvalue weighted by Crippen LogP contribution is -2.41. The molecule has 4 nitrogen and oxygen atoms in total. The van der Waals surface area contributed by atoms with E-state index < -0.39 is 6.10 Å². The summed E-state index contributed by atoms with van der Waals surface area (Å²) < 4.78 is 0. The molecule has 0 aliphatic rings. The minimum atomic E-state index is -0.715. The van der Waals surface area contributed by atoms with Gasteiger partial charge in [-0.25, -0.2) is 0 Å². The molecule has 0 aliphatic carbocycles. The zero-order valence-electron chi connectivity index (χ0n) is 11.2. The first-order valence-corrected chi connectivity index (χ1v) is 6.22. The third-order valence-electron chi connectivity index (χ3n) is 2.89. The minimum absolute atomic E-state index is 0. The van der Waals surface area contributed by atoms with Gasteiger partial charge in [0.15, 0.2) is 0 Å². The van der Waals surface area contributed by atoms with Gasteiger partial charge in [0.25, 0.3) is 0 Å². The average Bonchev–Trinajstić information content (AvgIpc) is 2.28. The molecule has 0 radical (unpaired) electrons. The van der Waals surface area contributed by atoms with Gasteiger partial charge in [-0.2, -0.15) is 0 Å². The summed E-state index contributed by atoms with van der Waals surface area (Å²) in [4.78, 5) is 2.03. The highest BCUT2D eigenvalue weighted by molar-refractivity contribution is 5.85. The summed E-state index contributed by atoms with van der Waals surface area (Å²) in [6.07, 6.45) is 0.725. The van der Waals surface area contributed by atoms with E-state index >= 15 is 0 Å². The number of halogens is 1. The second-order valence-corrected chi connectivity index (χ2v) is 4.63. The third-order valence-corrected chi connectivity index (χ3v) is 2.89. The monoisotopic (exact) mass is 269 g/mol. The number of nitrogens with zero attached hydrogens (tertiary/aromatic N) is 1. The Bertz CT molecular complexity index is 143. The van der Waals surface area contributed by atoms with Gasteiger partial charge in [0.2, 0.25) is 0 Å². The topological polar surface area (TPSA) is 63.9 Å². The maximum Gasteiger partial charge on any atom is 0.0897 e. The average molecular weight is 270 g/mol. The Morgan fingerprint density at radius 2 is 1.47 bits per heavy atom. The molecular weight excluding hydrogens is 242 g/mol. The van der Waals surface area contributed by atoms with Gasteiger partial charge in [-0.1, -0.05) is 27.2 Å². The summed E-state index contributed by atoms with van der Waals surface area (Å²) in [5, 5.41) is 27.9. The largest absolute Gasteiger partial charge is 0.394 e. The number of hydrogen-bond acceptors (Lipinski definition) is 4. The van der Waals surface area contributed by atoms with Crippen molar-refractivity contribution in [3.8, 4) is 0 Å². The lowest BCUT2D eigenvalue weighted by molar-refractivity contribution is 0.0333. The van der Waals surface area contributed by atoms with Gasteiger partial charge in [0.05, 0.1) is 18.8 Å². The summed E-state index contributed by atoms with van der Waals surface area (Å²) in [7, 11) is 0. The Kier molecular flexibility index (Phi) is 12.9. The smallest absolute Gasteiger partial charge is 0.0897 e. The fraction of sp³-hybridized carbons (Fsp3) is 1.00. The standard InChI is InChI=1S/C12H27NO3.ClH/c1-4-10(3)6-13(7-11(15)5-2)8-12(16)9-14;/h10-12,14-16H,4-9H2,1-3H3;1H. The highest BCUT2D eigenvalue weighted by atomic mass is 35.5. The van der Waals surface area contributed by atoms with Crippen molar-refractivity contribution in [1.82, 2.24) is 4.90 Å². The molecular formula is C12H28ClNO3. The van der Waals surface area contributed by atoms with E-state index in [9.17, 15) is 10.2 Å². The first kappa shape index (κ1) is 19.5. The highest BCUT2D eigenvalue weighted by Crippen LogP contribution is 2.07. The molecule has 0 amide bonds. The molecule has 0 aromatic heterocycles. The van der Waals surface area contributed by atoms with E-state index in [-0.39, 0.29) is 25.1 Å². The van der Waals surface area contributed by atoms with Gasteiger partial charge in [0, 0.05) is 19.6 Å². The van der Waals surface area contributed by atoms with Crippen molar-refractivity contribution < 1.29 is 15.3 Å². The molecule has 3 unspecified atom stereocenters. The number of aliphatic hydroxyl groups is 3. The van der Waals surface area contributed by atoms with E-state index in [4.69, 9.17) is 5.11 Å². The Hall–Kier alpha value is 0.130. The molecule has 0 aromatic rings. The molecule has 0 heterocycles. The Morgan fingerprint density at radius 1 is 0.941 bits per heavy atom. The van der Waals surface area contributed by atoms with E-state index in [0.29, 0.717) is 25.4 Å². The fourth-order valence-corrected chi connectivity index (χ4v) is 1.58. The second-order valence-electron chi connectivity index (χ2n) is 4.63. The third kappa shape index (κ3) is 9.80. The van der Waals surface area contributed by atoms with Gasteiger partial charge >= 0.3 is 0 Å². The van der Waals surface area contributed by atoms with Crippen molar-refractivity contribution in [2.45, 2.75) is 45.8 Å². The first-order valence-electron chi connectivity index (χ1n) is 6.22. The second kappa shape index (κ2) is 11.2. The van der Waals surface area contributed by atoms with Crippen LogP contribution in [0.4, 0.5) is 0 Å². The molecule has 0 saturated carbocycles. The molecule has 0 aromatic carbocycles. The van der Waals surface area contributed by atoms with Crippen molar-refractivity contribution in [1.29, 1.82) is 0 Å². The molecule has 0 fully saturated rings. The first-order chi connectivity index (χ1) is 7.53. The molecule has 17 heavy (non-hydrogen) atoms. The summed E-state index contributed by atoms with van der Waals surface area (Å²) in [5.74, 6) is 0.537. The Morgan fingerprint density at radius 3 is 1.88 bits per heavy atom. The van der Waals surface area contributed by atoms with Gasteiger partial charge in [-0.05, 0) is 12.3 Å². The summed E-state index contributed by atoms with van der Waals surface area (Å²) in [6, 6.07) is 0. The quantitative estimate of drug-likeness (QED) is 0.582. The van der Waals surface area contributed by atoms with Crippen LogP contribution in [0.3, 0.4) is 0 Å². The zero-order valence-corrected chi connectivity index (χ0v) is 12.0. The van der Waals surface area contributed by atoms with E-state index in [1.54, 1.807) is 0 Å². The Labute approximate surface area is 111 Å². The summed E-state index contributed by atoms with van der Waals surface area (Å²) in [6.45, 7) is 7.84. The molecule has 0 rings (SSSR count). The maximum atomic E-state index is 9.61. The number of rotatable bonds is 9. The Balaban J connectivity index is 0. The van der Waals surface area contributed by atoms with Gasteiger partial charge in [-0.3, -0.25) is 4.90 Å². The highest BCUT2D eigenvalue weighted by Gasteiger charge is 2.16. The lowest BCUT2D eigenvalue weighted by Gasteiger charge is -2.28. The van der Waals surface area contributed by atoms with Gasteiger partial charge in [0.1, 0.15) is 0 Å². The van der Waals surface area contributed by atoms with Crippen LogP contribution in [0, 0.1) is 5.92 Å². The maximum absolute atomic E-state index is 9.61. The molecule has 0 bridgehead atoms. The normalized spacial score (nSPS) is 16.4. The SMILES string of the molecule is CCC(C)CN(CC(O)CC)CC(O)CO.Cl. The van der Waals surface area contributed by atoms with Crippen molar-refractivity contribution in [3.63, 3.8) is 0 Å². The predicted octanol–water partition coefficient (Wildman–Crippen LogP) is 0.880.